The van der Waals surface area contributed by atoms with Crippen molar-refractivity contribution < 1.29 is 9.90 Å². The summed E-state index contributed by atoms with van der Waals surface area (Å²) in [6, 6.07) is 8.88. The number of aromatic hydroxyl groups is 1. The molecule has 6 heteroatoms. The summed E-state index contributed by atoms with van der Waals surface area (Å²) in [6.45, 7) is 1.78. The third kappa shape index (κ3) is 3.05. The van der Waals surface area contributed by atoms with Crippen molar-refractivity contribution in [1.29, 1.82) is 0 Å². The van der Waals surface area contributed by atoms with E-state index in [0.717, 1.165) is 31.5 Å². The van der Waals surface area contributed by atoms with E-state index >= 15 is 0 Å². The molecule has 0 bridgehead atoms. The highest BCUT2D eigenvalue weighted by atomic mass is 16.3. The van der Waals surface area contributed by atoms with E-state index in [1.807, 2.05) is 12.1 Å². The molecule has 2 aromatic rings. The quantitative estimate of drug-likeness (QED) is 0.690. The molecule has 1 amide bonds. The Morgan fingerprint density at radius 2 is 2.21 bits per heavy atom. The van der Waals surface area contributed by atoms with Gasteiger partial charge in [-0.1, -0.05) is 12.1 Å². The zero-order valence-electron chi connectivity index (χ0n) is 13.7. The second-order valence-electron chi connectivity index (χ2n) is 6.00. The van der Waals surface area contributed by atoms with E-state index in [1.54, 1.807) is 25.2 Å². The van der Waals surface area contributed by atoms with Crippen LogP contribution in [-0.4, -0.2) is 36.1 Å². The van der Waals surface area contributed by atoms with Gasteiger partial charge >= 0.3 is 0 Å². The number of nitrogens with zero attached hydrogens (tertiary/aromatic N) is 1. The van der Waals surface area contributed by atoms with E-state index in [9.17, 15) is 9.90 Å². The molecule has 0 saturated carbocycles. The Morgan fingerprint density at radius 3 is 2.88 bits per heavy atom. The van der Waals surface area contributed by atoms with Crippen molar-refractivity contribution in [3.8, 4) is 17.0 Å². The van der Waals surface area contributed by atoms with Crippen LogP contribution in [0.15, 0.2) is 30.3 Å². The van der Waals surface area contributed by atoms with Crippen LogP contribution >= 0.6 is 0 Å². The minimum atomic E-state index is -0.232. The second-order valence-corrected chi connectivity index (χ2v) is 6.00. The van der Waals surface area contributed by atoms with Crippen LogP contribution in [0, 0.1) is 0 Å². The molecule has 126 valence electrons. The molecule has 1 aromatic heterocycles. The third-order valence-electron chi connectivity index (χ3n) is 4.45. The smallest absolute Gasteiger partial charge is 0.255 e. The molecule has 1 aliphatic heterocycles. The summed E-state index contributed by atoms with van der Waals surface area (Å²) in [4.78, 5) is 16.7. The maximum absolute atomic E-state index is 12.3. The number of pyridine rings is 1. The predicted molar refractivity (Wildman–Crippen MR) is 94.0 cm³/mol. The Bertz CT molecular complexity index is 755. The average Bonchev–Trinajstić information content (AvgIpc) is 2.61. The molecule has 2 heterocycles. The highest BCUT2D eigenvalue weighted by Gasteiger charge is 2.25. The van der Waals surface area contributed by atoms with Crippen LogP contribution in [0.2, 0.25) is 0 Å². The summed E-state index contributed by atoms with van der Waals surface area (Å²) in [5, 5.41) is 16.1. The molecule has 24 heavy (non-hydrogen) atoms. The van der Waals surface area contributed by atoms with Crippen LogP contribution in [0.5, 0.6) is 5.75 Å². The third-order valence-corrected chi connectivity index (χ3v) is 4.45. The number of carbonyl (C=O) groups excluding carboxylic acids is 1. The van der Waals surface area contributed by atoms with Gasteiger partial charge < -0.3 is 21.5 Å². The van der Waals surface area contributed by atoms with Gasteiger partial charge in [0.2, 0.25) is 0 Å². The molecular weight excluding hydrogens is 304 g/mol. The number of para-hydroxylation sites is 1. The van der Waals surface area contributed by atoms with Gasteiger partial charge in [-0.15, -0.1) is 0 Å². The standard InChI is InChI=1S/C18H22N4O2/c1-20-18(24)16-13(11-5-4-8-21-10-11)9-14(22-17(16)19)12-6-2-3-7-15(12)23/h2-3,6-7,9,11,21,23H,4-5,8,10H2,1H3,(H2,19,22)(H,20,24). The van der Waals surface area contributed by atoms with Crippen LogP contribution in [0.3, 0.4) is 0 Å². The number of nitrogens with one attached hydrogen (secondary N) is 2. The number of anilines is 1. The van der Waals surface area contributed by atoms with Crippen LogP contribution in [-0.2, 0) is 0 Å². The Hall–Kier alpha value is -2.60. The van der Waals surface area contributed by atoms with E-state index in [1.165, 1.54) is 0 Å². The summed E-state index contributed by atoms with van der Waals surface area (Å²) in [7, 11) is 1.58. The molecule has 0 spiro atoms. The fourth-order valence-electron chi connectivity index (χ4n) is 3.23. The SMILES string of the molecule is CNC(=O)c1c(C2CCCNC2)cc(-c2ccccc2O)nc1N. The normalized spacial score (nSPS) is 17.5. The van der Waals surface area contributed by atoms with Crippen molar-refractivity contribution in [3.05, 3.63) is 41.5 Å². The summed E-state index contributed by atoms with van der Waals surface area (Å²) < 4.78 is 0. The maximum atomic E-state index is 12.3. The molecular formula is C18H22N4O2. The predicted octanol–water partition coefficient (Wildman–Crippen LogP) is 1.86. The molecule has 1 saturated heterocycles. The van der Waals surface area contributed by atoms with Crippen molar-refractivity contribution in [3.63, 3.8) is 0 Å². The summed E-state index contributed by atoms with van der Waals surface area (Å²) in [5.74, 6) is 0.297. The van der Waals surface area contributed by atoms with Crippen molar-refractivity contribution in [2.24, 2.45) is 0 Å². The zero-order valence-corrected chi connectivity index (χ0v) is 13.7. The molecule has 1 fully saturated rings. The van der Waals surface area contributed by atoms with Gasteiger partial charge in [-0.3, -0.25) is 4.79 Å². The number of nitrogens with two attached hydrogens (primary N) is 1. The van der Waals surface area contributed by atoms with Crippen molar-refractivity contribution in [2.45, 2.75) is 18.8 Å². The van der Waals surface area contributed by atoms with Crippen molar-refractivity contribution in [2.75, 3.05) is 25.9 Å². The van der Waals surface area contributed by atoms with Gasteiger partial charge in [0.1, 0.15) is 11.6 Å². The van der Waals surface area contributed by atoms with Crippen molar-refractivity contribution in [1.82, 2.24) is 15.6 Å². The Balaban J connectivity index is 2.15. The number of phenols is 1. The molecule has 0 aliphatic carbocycles. The monoisotopic (exact) mass is 326 g/mol. The van der Waals surface area contributed by atoms with Crippen LogP contribution < -0.4 is 16.4 Å². The molecule has 3 rings (SSSR count). The van der Waals surface area contributed by atoms with Gasteiger partial charge in [-0.2, -0.15) is 0 Å². The van der Waals surface area contributed by atoms with Gasteiger partial charge in [0.15, 0.2) is 0 Å². The second kappa shape index (κ2) is 6.88. The van der Waals surface area contributed by atoms with Gasteiger partial charge in [0.25, 0.3) is 5.91 Å². The molecule has 0 radical (unpaired) electrons. The lowest BCUT2D eigenvalue weighted by molar-refractivity contribution is 0.0962. The fraction of sp³-hybridized carbons (Fsp3) is 0.333. The van der Waals surface area contributed by atoms with E-state index in [0.29, 0.717) is 16.8 Å². The lowest BCUT2D eigenvalue weighted by atomic mass is 9.87. The molecule has 1 aliphatic rings. The first kappa shape index (κ1) is 16.3. The van der Waals surface area contributed by atoms with Gasteiger partial charge in [0.05, 0.1) is 11.3 Å². The number of piperidine rings is 1. The Kier molecular flexibility index (Phi) is 4.66. The van der Waals surface area contributed by atoms with Crippen molar-refractivity contribution >= 4 is 11.7 Å². The van der Waals surface area contributed by atoms with Crippen LogP contribution in [0.1, 0.15) is 34.7 Å². The molecule has 5 N–H and O–H groups in total. The number of nitrogen functional groups attached to an aromatic ring is 1. The zero-order chi connectivity index (χ0) is 17.1. The number of hydrogen-bond acceptors (Lipinski definition) is 5. The number of phenolic OH excluding ortho intramolecular Hbond substituents is 1. The maximum Gasteiger partial charge on any atom is 0.255 e. The minimum Gasteiger partial charge on any atom is -0.507 e. The largest absolute Gasteiger partial charge is 0.507 e. The number of aromatic nitrogens is 1. The lowest BCUT2D eigenvalue weighted by Gasteiger charge is -2.26. The van der Waals surface area contributed by atoms with Gasteiger partial charge in [-0.05, 0) is 49.1 Å². The first-order valence-electron chi connectivity index (χ1n) is 8.13. The van der Waals surface area contributed by atoms with Gasteiger partial charge in [0, 0.05) is 19.2 Å². The topological polar surface area (TPSA) is 100 Å². The lowest BCUT2D eigenvalue weighted by Crippen LogP contribution is -2.31. The molecule has 1 atom stereocenters. The number of carbonyl (C=O) groups is 1. The molecule has 1 aromatic carbocycles. The van der Waals surface area contributed by atoms with E-state index in [4.69, 9.17) is 5.73 Å². The van der Waals surface area contributed by atoms with E-state index in [2.05, 4.69) is 15.6 Å². The first-order chi connectivity index (χ1) is 11.6. The average molecular weight is 326 g/mol. The van der Waals surface area contributed by atoms with Gasteiger partial charge in [-0.25, -0.2) is 4.98 Å². The molecule has 6 nitrogen and oxygen atoms in total. The fourth-order valence-corrected chi connectivity index (χ4v) is 3.23. The summed E-state index contributed by atoms with van der Waals surface area (Å²) in [6.07, 6.45) is 2.03. The minimum absolute atomic E-state index is 0.143. The first-order valence-corrected chi connectivity index (χ1v) is 8.13. The Labute approximate surface area is 141 Å². The van der Waals surface area contributed by atoms with E-state index in [-0.39, 0.29) is 23.4 Å². The number of rotatable bonds is 3. The number of benzene rings is 1. The summed E-state index contributed by atoms with van der Waals surface area (Å²) in [5.41, 5.74) is 8.63. The Morgan fingerprint density at radius 1 is 1.42 bits per heavy atom. The van der Waals surface area contributed by atoms with Crippen LogP contribution in [0.25, 0.3) is 11.3 Å². The highest BCUT2D eigenvalue weighted by Crippen LogP contribution is 2.34. The van der Waals surface area contributed by atoms with E-state index < -0.39 is 0 Å². The molecule has 1 unspecified atom stereocenters. The number of hydrogen-bond donors (Lipinski definition) is 4. The number of amides is 1. The highest BCUT2D eigenvalue weighted by molar-refractivity contribution is 6.00. The summed E-state index contributed by atoms with van der Waals surface area (Å²) >= 11 is 0. The van der Waals surface area contributed by atoms with Crippen LogP contribution in [0.4, 0.5) is 5.82 Å².